The number of phenols is 1. The second kappa shape index (κ2) is 7.24. The molecule has 3 aliphatic heterocycles. The van der Waals surface area contributed by atoms with Crippen molar-refractivity contribution >= 4 is 0 Å². The molecule has 2 aromatic rings. The Hall–Kier alpha value is -2.08. The molecule has 0 aromatic heterocycles. The number of fused-ring (bicyclic) bond motifs is 1. The molecule has 184 valence electrons. The van der Waals surface area contributed by atoms with Crippen molar-refractivity contribution in [3.63, 3.8) is 0 Å². The van der Waals surface area contributed by atoms with Gasteiger partial charge in [-0.25, -0.2) is 0 Å². The van der Waals surface area contributed by atoms with Crippen LogP contribution in [-0.2, 0) is 23.1 Å². The van der Waals surface area contributed by atoms with E-state index in [0.717, 1.165) is 44.9 Å². The Morgan fingerprint density at radius 1 is 1.09 bits per heavy atom. The average molecular weight is 473 g/mol. The quantitative estimate of drug-likeness (QED) is 0.721. The number of phenolic OH excluding ortho intramolecular Hbond substituents is 1. The standard InChI is InChI=1S/C30H36N2O3/c1-34-23-11-10-20-16-25-30-13-12-22-27(24(35-30)18-31(22)17-19-6-3-2-4-7-19)29(30,26(20)28(23)33)14-15-32(25)21-8-5-9-21/h2-4,6-7,10-11,21-22,24-25,27,33H,5,8-9,12-18H2,1H3/t22?,24-,25?,27?,29?,30?/m1/s1. The predicted octanol–water partition coefficient (Wildman–Crippen LogP) is 4.25. The molecule has 5 nitrogen and oxygen atoms in total. The minimum atomic E-state index is -0.178. The zero-order valence-electron chi connectivity index (χ0n) is 20.7. The van der Waals surface area contributed by atoms with Crippen LogP contribution in [0.3, 0.4) is 0 Å². The number of methoxy groups -OCH3 is 1. The van der Waals surface area contributed by atoms with E-state index in [1.165, 1.54) is 42.4 Å². The van der Waals surface area contributed by atoms with Gasteiger partial charge in [-0.1, -0.05) is 42.8 Å². The number of ether oxygens (including phenoxy) is 2. The topological polar surface area (TPSA) is 45.2 Å². The predicted molar refractivity (Wildman–Crippen MR) is 134 cm³/mol. The number of benzene rings is 2. The molecule has 2 aromatic carbocycles. The van der Waals surface area contributed by atoms with E-state index in [9.17, 15) is 5.11 Å². The average Bonchev–Trinajstić information content (AvgIpc) is 3.25. The van der Waals surface area contributed by atoms with Crippen molar-refractivity contribution in [2.24, 2.45) is 5.92 Å². The molecule has 0 amide bonds. The summed E-state index contributed by atoms with van der Waals surface area (Å²) in [4.78, 5) is 5.54. The molecule has 0 spiro atoms. The van der Waals surface area contributed by atoms with Gasteiger partial charge in [0.15, 0.2) is 11.5 Å². The molecular weight excluding hydrogens is 436 g/mol. The van der Waals surface area contributed by atoms with Crippen molar-refractivity contribution in [1.29, 1.82) is 0 Å². The molecule has 6 atom stereocenters. The maximum atomic E-state index is 11.7. The van der Waals surface area contributed by atoms with Crippen LogP contribution in [0.1, 0.15) is 55.2 Å². The lowest BCUT2D eigenvalue weighted by Gasteiger charge is -2.66. The highest BCUT2D eigenvalue weighted by Crippen LogP contribution is 2.71. The lowest BCUT2D eigenvalue weighted by atomic mass is 9.46. The summed E-state index contributed by atoms with van der Waals surface area (Å²) in [6.45, 7) is 3.12. The van der Waals surface area contributed by atoms with Gasteiger partial charge in [0.05, 0.1) is 18.8 Å². The maximum Gasteiger partial charge on any atom is 0.161 e. The minimum absolute atomic E-state index is 0.122. The van der Waals surface area contributed by atoms with Crippen LogP contribution in [0.4, 0.5) is 0 Å². The number of nitrogens with zero attached hydrogens (tertiary/aromatic N) is 2. The fourth-order valence-electron chi connectivity index (χ4n) is 9.62. The number of piperidine rings is 1. The molecule has 2 saturated carbocycles. The molecule has 5 unspecified atom stereocenters. The van der Waals surface area contributed by atoms with Crippen LogP contribution < -0.4 is 4.74 Å². The third-order valence-electron chi connectivity index (χ3n) is 11.0. The van der Waals surface area contributed by atoms with E-state index in [4.69, 9.17) is 9.47 Å². The Kier molecular flexibility index (Phi) is 4.35. The molecule has 6 aliphatic rings. The fraction of sp³-hybridized carbons (Fsp3) is 0.600. The lowest BCUT2D eigenvalue weighted by molar-refractivity contribution is -0.185. The molecule has 4 bridgehead atoms. The summed E-state index contributed by atoms with van der Waals surface area (Å²) < 4.78 is 13.0. The maximum absolute atomic E-state index is 11.7. The summed E-state index contributed by atoms with van der Waals surface area (Å²) in [5.41, 5.74) is 3.60. The van der Waals surface area contributed by atoms with Crippen LogP contribution in [-0.4, -0.2) is 64.9 Å². The lowest BCUT2D eigenvalue weighted by Crippen LogP contribution is -2.75. The first-order valence-corrected chi connectivity index (χ1v) is 13.8. The number of likely N-dealkylation sites (tertiary alicyclic amines) is 2. The Bertz CT molecular complexity index is 1170. The molecule has 1 N–H and O–H groups in total. The van der Waals surface area contributed by atoms with Gasteiger partial charge in [0.2, 0.25) is 0 Å². The van der Waals surface area contributed by atoms with Gasteiger partial charge in [-0.3, -0.25) is 9.80 Å². The van der Waals surface area contributed by atoms with Gasteiger partial charge in [-0.05, 0) is 62.3 Å². The van der Waals surface area contributed by atoms with E-state index in [0.29, 0.717) is 29.5 Å². The van der Waals surface area contributed by atoms with Crippen molar-refractivity contribution in [3.05, 3.63) is 59.2 Å². The normalized spacial score (nSPS) is 39.7. The van der Waals surface area contributed by atoms with Gasteiger partial charge in [0.25, 0.3) is 0 Å². The van der Waals surface area contributed by atoms with E-state index < -0.39 is 0 Å². The summed E-state index contributed by atoms with van der Waals surface area (Å²) in [6, 6.07) is 16.8. The molecule has 3 aliphatic carbocycles. The van der Waals surface area contributed by atoms with Gasteiger partial charge >= 0.3 is 0 Å². The van der Waals surface area contributed by atoms with Crippen LogP contribution >= 0.6 is 0 Å². The number of rotatable bonds is 4. The summed E-state index contributed by atoms with van der Waals surface area (Å²) in [7, 11) is 1.68. The van der Waals surface area contributed by atoms with Crippen molar-refractivity contribution < 1.29 is 14.6 Å². The van der Waals surface area contributed by atoms with E-state index in [2.05, 4.69) is 46.2 Å². The Morgan fingerprint density at radius 2 is 1.94 bits per heavy atom. The van der Waals surface area contributed by atoms with E-state index in [1.54, 1.807) is 7.11 Å². The zero-order chi connectivity index (χ0) is 23.4. The third-order valence-corrected chi connectivity index (χ3v) is 11.0. The van der Waals surface area contributed by atoms with Gasteiger partial charge in [0, 0.05) is 48.1 Å². The first-order valence-electron chi connectivity index (χ1n) is 13.8. The Balaban J connectivity index is 1.27. The second-order valence-electron chi connectivity index (χ2n) is 12.0. The first kappa shape index (κ1) is 21.0. The molecule has 3 saturated heterocycles. The first-order chi connectivity index (χ1) is 17.2. The Morgan fingerprint density at radius 3 is 2.71 bits per heavy atom. The fourth-order valence-corrected chi connectivity index (χ4v) is 9.62. The second-order valence-corrected chi connectivity index (χ2v) is 12.0. The summed E-state index contributed by atoms with van der Waals surface area (Å²) >= 11 is 0. The van der Waals surface area contributed by atoms with Gasteiger partial charge < -0.3 is 14.6 Å². The van der Waals surface area contributed by atoms with E-state index >= 15 is 0 Å². The van der Waals surface area contributed by atoms with E-state index in [1.807, 2.05) is 6.07 Å². The highest BCUT2D eigenvalue weighted by Gasteiger charge is 2.78. The van der Waals surface area contributed by atoms with Gasteiger partial charge in [-0.15, -0.1) is 0 Å². The van der Waals surface area contributed by atoms with Crippen molar-refractivity contribution in [3.8, 4) is 11.5 Å². The third kappa shape index (κ3) is 2.50. The zero-order valence-corrected chi connectivity index (χ0v) is 20.7. The van der Waals surface area contributed by atoms with Gasteiger partial charge in [-0.2, -0.15) is 0 Å². The summed E-state index contributed by atoms with van der Waals surface area (Å²) in [6.07, 6.45) is 8.65. The minimum Gasteiger partial charge on any atom is -0.504 e. The number of hydrogen-bond acceptors (Lipinski definition) is 5. The highest BCUT2D eigenvalue weighted by atomic mass is 16.5. The highest BCUT2D eigenvalue weighted by molar-refractivity contribution is 5.60. The monoisotopic (exact) mass is 472 g/mol. The largest absolute Gasteiger partial charge is 0.504 e. The number of aromatic hydroxyl groups is 1. The summed E-state index contributed by atoms with van der Waals surface area (Å²) in [5, 5.41) is 11.7. The molecule has 5 heteroatoms. The summed E-state index contributed by atoms with van der Waals surface area (Å²) in [5.74, 6) is 1.44. The van der Waals surface area contributed by atoms with Crippen LogP contribution in [0.5, 0.6) is 11.5 Å². The SMILES string of the molecule is COc1ccc2c(c1O)C13CCN(C4CCC4)C(C2)C12CCC1C3[C@@H](CN1Cc1ccccc1)O2. The van der Waals surface area contributed by atoms with Crippen LogP contribution in [0.2, 0.25) is 0 Å². The molecule has 5 fully saturated rings. The Labute approximate surface area is 208 Å². The van der Waals surface area contributed by atoms with Gasteiger partial charge in [0.1, 0.15) is 0 Å². The van der Waals surface area contributed by atoms with Crippen LogP contribution in [0, 0.1) is 5.92 Å². The molecule has 35 heavy (non-hydrogen) atoms. The number of hydrogen-bond donors (Lipinski definition) is 1. The van der Waals surface area contributed by atoms with Crippen LogP contribution in [0.15, 0.2) is 42.5 Å². The van der Waals surface area contributed by atoms with E-state index in [-0.39, 0.29) is 17.1 Å². The van der Waals surface area contributed by atoms with Crippen molar-refractivity contribution in [2.75, 3.05) is 20.2 Å². The molecule has 0 radical (unpaired) electrons. The molecular formula is C30H36N2O3. The van der Waals surface area contributed by atoms with Crippen LogP contribution in [0.25, 0.3) is 0 Å². The molecule has 8 rings (SSSR count). The smallest absolute Gasteiger partial charge is 0.161 e. The van der Waals surface area contributed by atoms with Crippen molar-refractivity contribution in [2.45, 2.75) is 86.7 Å². The van der Waals surface area contributed by atoms with Crippen molar-refractivity contribution in [1.82, 2.24) is 9.80 Å². The molecule has 3 heterocycles.